The summed E-state index contributed by atoms with van der Waals surface area (Å²) in [5.74, 6) is 0.776. The van der Waals surface area contributed by atoms with Crippen LogP contribution in [0.5, 0.6) is 0 Å². The molecule has 1 heterocycles. The number of Topliss-reactive ketones (excluding diaryl/α,β-unsaturated/α-hetero) is 1. The fourth-order valence-electron chi connectivity index (χ4n) is 2.44. The Balaban J connectivity index is 2.63. The number of likely N-dealkylation sites (tertiary alicyclic amines) is 1. The molecule has 0 unspecified atom stereocenters. The fourth-order valence-corrected chi connectivity index (χ4v) is 2.44. The lowest BCUT2D eigenvalue weighted by Crippen LogP contribution is -2.50. The van der Waals surface area contributed by atoms with E-state index in [0.29, 0.717) is 18.9 Å². The molecule has 1 saturated heterocycles. The number of nitrogens with zero attached hydrogens (tertiary/aromatic N) is 1. The van der Waals surface area contributed by atoms with Gasteiger partial charge in [0.2, 0.25) is 5.91 Å². The number of ketones is 1. The number of hydrogen-bond acceptors (Lipinski definition) is 3. The second kappa shape index (κ2) is 7.04. The van der Waals surface area contributed by atoms with Crippen LogP contribution >= 0.6 is 0 Å². The Hall–Kier alpha value is -0.900. The van der Waals surface area contributed by atoms with Crippen molar-refractivity contribution in [2.24, 2.45) is 17.6 Å². The normalized spacial score (nSPS) is 21.2. The Morgan fingerprint density at radius 1 is 1.26 bits per heavy atom. The summed E-state index contributed by atoms with van der Waals surface area (Å²) in [7, 11) is 0. The summed E-state index contributed by atoms with van der Waals surface area (Å²) in [5, 5.41) is 0. The highest BCUT2D eigenvalue weighted by Gasteiger charge is 2.36. The fraction of sp³-hybridized carbons (Fsp3) is 0.867. The Morgan fingerprint density at radius 2 is 1.89 bits per heavy atom. The molecule has 0 aromatic rings. The van der Waals surface area contributed by atoms with Crippen LogP contribution in [0.2, 0.25) is 0 Å². The van der Waals surface area contributed by atoms with E-state index >= 15 is 0 Å². The average molecular weight is 268 g/mol. The molecule has 2 atom stereocenters. The monoisotopic (exact) mass is 268 g/mol. The number of amides is 1. The first-order valence-corrected chi connectivity index (χ1v) is 7.43. The molecule has 19 heavy (non-hydrogen) atoms. The van der Waals surface area contributed by atoms with E-state index in [4.69, 9.17) is 5.73 Å². The van der Waals surface area contributed by atoms with E-state index in [9.17, 15) is 9.59 Å². The van der Waals surface area contributed by atoms with Crippen LogP contribution in [0.4, 0.5) is 0 Å². The lowest BCUT2D eigenvalue weighted by molar-refractivity contribution is -0.139. The largest absolute Gasteiger partial charge is 0.331 e. The molecule has 4 heteroatoms. The number of rotatable bonds is 6. The summed E-state index contributed by atoms with van der Waals surface area (Å²) in [6.45, 7) is 8.78. The molecular weight excluding hydrogens is 240 g/mol. The Bertz CT molecular complexity index is 326. The zero-order chi connectivity index (χ0) is 14.6. The summed E-state index contributed by atoms with van der Waals surface area (Å²) >= 11 is 0. The van der Waals surface area contributed by atoms with Gasteiger partial charge in [0.15, 0.2) is 5.78 Å². The van der Waals surface area contributed by atoms with E-state index in [1.54, 1.807) is 4.90 Å². The highest BCUT2D eigenvalue weighted by atomic mass is 16.2. The first kappa shape index (κ1) is 16.2. The minimum Gasteiger partial charge on any atom is -0.331 e. The SMILES string of the molecule is CC(C)CCC(=O)[C@@H]1CCCN1C(=O)[C@@H](N)C(C)C. The standard InChI is InChI=1S/C15H28N2O2/c1-10(2)7-8-13(18)12-6-5-9-17(12)15(19)14(16)11(3)4/h10-12,14H,5-9,16H2,1-4H3/t12-,14-/m0/s1. The van der Waals surface area contributed by atoms with Crippen molar-refractivity contribution in [2.75, 3.05) is 6.54 Å². The minimum absolute atomic E-state index is 0.0598. The van der Waals surface area contributed by atoms with Crippen LogP contribution in [0.15, 0.2) is 0 Å². The lowest BCUT2D eigenvalue weighted by Gasteiger charge is -2.28. The maximum Gasteiger partial charge on any atom is 0.240 e. The van der Waals surface area contributed by atoms with Crippen molar-refractivity contribution >= 4 is 11.7 Å². The Labute approximate surface area is 116 Å². The van der Waals surface area contributed by atoms with Crippen LogP contribution in [0.1, 0.15) is 53.4 Å². The average Bonchev–Trinajstić information content (AvgIpc) is 2.82. The second-order valence-electron chi connectivity index (χ2n) is 6.36. The van der Waals surface area contributed by atoms with Crippen molar-refractivity contribution in [1.29, 1.82) is 0 Å². The van der Waals surface area contributed by atoms with Crippen molar-refractivity contribution in [2.45, 2.75) is 65.5 Å². The molecule has 0 bridgehead atoms. The van der Waals surface area contributed by atoms with Gasteiger partial charge in [0.1, 0.15) is 0 Å². The van der Waals surface area contributed by atoms with E-state index < -0.39 is 6.04 Å². The maximum atomic E-state index is 12.3. The van der Waals surface area contributed by atoms with E-state index in [1.165, 1.54) is 0 Å². The molecule has 0 radical (unpaired) electrons. The summed E-state index contributed by atoms with van der Waals surface area (Å²) in [5.41, 5.74) is 5.92. The van der Waals surface area contributed by atoms with E-state index in [-0.39, 0.29) is 23.7 Å². The molecule has 1 amide bonds. The molecular formula is C15H28N2O2. The quantitative estimate of drug-likeness (QED) is 0.801. The van der Waals surface area contributed by atoms with Gasteiger partial charge in [-0.3, -0.25) is 9.59 Å². The predicted molar refractivity (Wildman–Crippen MR) is 76.6 cm³/mol. The molecule has 1 fully saturated rings. The smallest absolute Gasteiger partial charge is 0.240 e. The van der Waals surface area contributed by atoms with Crippen molar-refractivity contribution < 1.29 is 9.59 Å². The van der Waals surface area contributed by atoms with Gasteiger partial charge in [-0.1, -0.05) is 27.7 Å². The topological polar surface area (TPSA) is 63.4 Å². The Kier molecular flexibility index (Phi) is 5.98. The van der Waals surface area contributed by atoms with Gasteiger partial charge in [0.25, 0.3) is 0 Å². The van der Waals surface area contributed by atoms with Gasteiger partial charge in [-0.25, -0.2) is 0 Å². The van der Waals surface area contributed by atoms with Crippen LogP contribution in [0.3, 0.4) is 0 Å². The zero-order valence-corrected chi connectivity index (χ0v) is 12.7. The van der Waals surface area contributed by atoms with Gasteiger partial charge < -0.3 is 10.6 Å². The molecule has 110 valence electrons. The predicted octanol–water partition coefficient (Wildman–Crippen LogP) is 1.97. The number of carbonyl (C=O) groups is 2. The van der Waals surface area contributed by atoms with Crippen molar-refractivity contribution in [3.8, 4) is 0 Å². The molecule has 2 N–H and O–H groups in total. The van der Waals surface area contributed by atoms with E-state index in [1.807, 2.05) is 13.8 Å². The first-order valence-electron chi connectivity index (χ1n) is 7.43. The first-order chi connectivity index (χ1) is 8.84. The van der Waals surface area contributed by atoms with Gasteiger partial charge in [0.05, 0.1) is 12.1 Å². The third-order valence-corrected chi connectivity index (χ3v) is 3.88. The number of carbonyl (C=O) groups excluding carboxylic acids is 2. The van der Waals surface area contributed by atoms with Crippen LogP contribution < -0.4 is 5.73 Å². The molecule has 1 aliphatic rings. The highest BCUT2D eigenvalue weighted by molar-refractivity contribution is 5.91. The lowest BCUT2D eigenvalue weighted by atomic mass is 9.99. The molecule has 0 aromatic carbocycles. The van der Waals surface area contributed by atoms with Gasteiger partial charge >= 0.3 is 0 Å². The molecule has 0 aromatic heterocycles. The van der Waals surface area contributed by atoms with E-state index in [2.05, 4.69) is 13.8 Å². The second-order valence-corrected chi connectivity index (χ2v) is 6.36. The summed E-state index contributed by atoms with van der Waals surface area (Å²) in [6.07, 6.45) is 3.18. The summed E-state index contributed by atoms with van der Waals surface area (Å²) in [4.78, 5) is 26.2. The van der Waals surface area contributed by atoms with Crippen LogP contribution in [0, 0.1) is 11.8 Å². The molecule has 1 aliphatic heterocycles. The van der Waals surface area contributed by atoms with Gasteiger partial charge in [0, 0.05) is 13.0 Å². The third-order valence-electron chi connectivity index (χ3n) is 3.88. The van der Waals surface area contributed by atoms with Gasteiger partial charge in [-0.05, 0) is 31.1 Å². The molecule has 0 spiro atoms. The van der Waals surface area contributed by atoms with Crippen LogP contribution in [-0.4, -0.2) is 35.2 Å². The highest BCUT2D eigenvalue weighted by Crippen LogP contribution is 2.22. The molecule has 4 nitrogen and oxygen atoms in total. The summed E-state index contributed by atoms with van der Waals surface area (Å²) in [6, 6.07) is -0.713. The summed E-state index contributed by atoms with van der Waals surface area (Å²) < 4.78 is 0. The number of hydrogen-bond donors (Lipinski definition) is 1. The van der Waals surface area contributed by atoms with Crippen molar-refractivity contribution in [1.82, 2.24) is 4.90 Å². The van der Waals surface area contributed by atoms with Crippen molar-refractivity contribution in [3.05, 3.63) is 0 Å². The van der Waals surface area contributed by atoms with Crippen LogP contribution in [-0.2, 0) is 9.59 Å². The zero-order valence-electron chi connectivity index (χ0n) is 12.7. The van der Waals surface area contributed by atoms with Crippen LogP contribution in [0.25, 0.3) is 0 Å². The van der Waals surface area contributed by atoms with Gasteiger partial charge in [-0.15, -0.1) is 0 Å². The van der Waals surface area contributed by atoms with E-state index in [0.717, 1.165) is 19.3 Å². The molecule has 0 saturated carbocycles. The third kappa shape index (κ3) is 4.30. The molecule has 0 aliphatic carbocycles. The molecule has 1 rings (SSSR count). The number of nitrogens with two attached hydrogens (primary N) is 1. The Morgan fingerprint density at radius 3 is 2.42 bits per heavy atom. The minimum atomic E-state index is -0.488. The maximum absolute atomic E-state index is 12.3. The van der Waals surface area contributed by atoms with Gasteiger partial charge in [-0.2, -0.15) is 0 Å². The van der Waals surface area contributed by atoms with Crippen molar-refractivity contribution in [3.63, 3.8) is 0 Å².